The fourth-order valence-corrected chi connectivity index (χ4v) is 1.13. The predicted molar refractivity (Wildman–Crippen MR) is 41.8 cm³/mol. The maximum atomic E-state index is 10.3. The molecule has 0 aliphatic carbocycles. The maximum Gasteiger partial charge on any atom is 0.323 e. The van der Waals surface area contributed by atoms with E-state index in [1.807, 2.05) is 0 Å². The molecular weight excluding hydrogens is 144 g/mol. The Morgan fingerprint density at radius 2 is 2.55 bits per heavy atom. The highest BCUT2D eigenvalue weighted by molar-refractivity contribution is 5.86. The zero-order valence-electron chi connectivity index (χ0n) is 6.58. The van der Waals surface area contributed by atoms with E-state index in [1.54, 1.807) is 11.9 Å². The number of aliphatic carboxylic acids is 1. The Labute approximate surface area is 65.5 Å². The van der Waals surface area contributed by atoms with Crippen molar-refractivity contribution < 1.29 is 9.90 Å². The van der Waals surface area contributed by atoms with E-state index in [2.05, 4.69) is 4.99 Å². The first-order chi connectivity index (χ1) is 5.20. The first-order valence-corrected chi connectivity index (χ1v) is 3.66. The first-order valence-electron chi connectivity index (χ1n) is 3.66. The topological polar surface area (TPSA) is 52.9 Å². The first kappa shape index (κ1) is 8.04. The van der Waals surface area contributed by atoms with E-state index in [0.717, 1.165) is 25.2 Å². The molecule has 0 radical (unpaired) electrons. The lowest BCUT2D eigenvalue weighted by Gasteiger charge is -2.15. The molecule has 1 aliphatic rings. The molecule has 0 aromatic carbocycles. The minimum Gasteiger partial charge on any atom is -0.480 e. The standard InChI is InChI=1S/C7H12N2O2/c1-9(5-7(10)11)6-3-2-4-8-6/h2-5H2,1H3,(H,10,11). The Kier molecular flexibility index (Phi) is 2.46. The summed E-state index contributed by atoms with van der Waals surface area (Å²) in [5, 5.41) is 8.45. The largest absolute Gasteiger partial charge is 0.480 e. The summed E-state index contributed by atoms with van der Waals surface area (Å²) in [6.07, 6.45) is 1.98. The highest BCUT2D eigenvalue weighted by Gasteiger charge is 2.12. The Balaban J connectivity index is 2.40. The minimum absolute atomic E-state index is 0.0544. The molecule has 0 saturated carbocycles. The van der Waals surface area contributed by atoms with Crippen LogP contribution in [0.1, 0.15) is 12.8 Å². The van der Waals surface area contributed by atoms with Crippen LogP contribution in [-0.2, 0) is 4.79 Å². The van der Waals surface area contributed by atoms with Crippen molar-refractivity contribution in [2.24, 2.45) is 4.99 Å². The van der Waals surface area contributed by atoms with Crippen LogP contribution < -0.4 is 0 Å². The van der Waals surface area contributed by atoms with Crippen molar-refractivity contribution in [2.75, 3.05) is 20.1 Å². The maximum absolute atomic E-state index is 10.3. The van der Waals surface area contributed by atoms with Gasteiger partial charge in [0.15, 0.2) is 0 Å². The van der Waals surface area contributed by atoms with E-state index in [-0.39, 0.29) is 6.54 Å². The van der Waals surface area contributed by atoms with Gasteiger partial charge in [-0.2, -0.15) is 0 Å². The Hall–Kier alpha value is -1.06. The zero-order valence-corrected chi connectivity index (χ0v) is 6.58. The summed E-state index contributed by atoms with van der Waals surface area (Å²) in [5.74, 6) is 0.120. The number of aliphatic imine (C=N–C) groups is 1. The van der Waals surface area contributed by atoms with Crippen LogP contribution in [0.25, 0.3) is 0 Å². The number of carboxylic acid groups (broad SMARTS) is 1. The minimum atomic E-state index is -0.804. The van der Waals surface area contributed by atoms with Gasteiger partial charge in [0, 0.05) is 20.0 Å². The predicted octanol–water partition coefficient (Wildman–Crippen LogP) is 0.195. The number of carboxylic acids is 1. The van der Waals surface area contributed by atoms with E-state index >= 15 is 0 Å². The van der Waals surface area contributed by atoms with Gasteiger partial charge in [-0.05, 0) is 6.42 Å². The lowest BCUT2D eigenvalue weighted by molar-refractivity contribution is -0.137. The number of amidine groups is 1. The van der Waals surface area contributed by atoms with Crippen LogP contribution in [0.5, 0.6) is 0 Å². The Morgan fingerprint density at radius 3 is 3.00 bits per heavy atom. The molecule has 0 unspecified atom stereocenters. The van der Waals surface area contributed by atoms with E-state index < -0.39 is 5.97 Å². The smallest absolute Gasteiger partial charge is 0.323 e. The summed E-state index contributed by atoms with van der Waals surface area (Å²) in [7, 11) is 1.76. The van der Waals surface area contributed by atoms with Gasteiger partial charge in [0.1, 0.15) is 6.54 Å². The van der Waals surface area contributed by atoms with E-state index in [1.165, 1.54) is 0 Å². The third-order valence-corrected chi connectivity index (χ3v) is 1.67. The second-order valence-electron chi connectivity index (χ2n) is 2.65. The van der Waals surface area contributed by atoms with Gasteiger partial charge >= 0.3 is 5.97 Å². The van der Waals surface area contributed by atoms with Crippen molar-refractivity contribution in [3.8, 4) is 0 Å². The van der Waals surface area contributed by atoms with Crippen molar-refractivity contribution in [1.29, 1.82) is 0 Å². The highest BCUT2D eigenvalue weighted by Crippen LogP contribution is 2.06. The van der Waals surface area contributed by atoms with Crippen molar-refractivity contribution >= 4 is 11.8 Å². The molecule has 62 valence electrons. The van der Waals surface area contributed by atoms with Crippen LogP contribution in [0.2, 0.25) is 0 Å². The average molecular weight is 156 g/mol. The van der Waals surface area contributed by atoms with E-state index in [9.17, 15) is 4.79 Å². The SMILES string of the molecule is CN(CC(=O)O)C1=NCCC1. The summed E-state index contributed by atoms with van der Waals surface area (Å²) in [4.78, 5) is 16.1. The summed E-state index contributed by atoms with van der Waals surface area (Å²) in [6, 6.07) is 0. The third kappa shape index (κ3) is 2.22. The number of carbonyl (C=O) groups is 1. The molecule has 0 amide bonds. The van der Waals surface area contributed by atoms with Gasteiger partial charge in [-0.25, -0.2) is 0 Å². The number of rotatable bonds is 2. The van der Waals surface area contributed by atoms with Crippen LogP contribution in [0.4, 0.5) is 0 Å². The molecule has 0 aromatic heterocycles. The fourth-order valence-electron chi connectivity index (χ4n) is 1.13. The van der Waals surface area contributed by atoms with Crippen LogP contribution in [0, 0.1) is 0 Å². The molecule has 1 rings (SSSR count). The van der Waals surface area contributed by atoms with Gasteiger partial charge < -0.3 is 10.0 Å². The molecule has 0 aromatic rings. The van der Waals surface area contributed by atoms with Gasteiger partial charge in [0.05, 0.1) is 5.84 Å². The second-order valence-corrected chi connectivity index (χ2v) is 2.65. The number of nitrogens with zero attached hydrogens (tertiary/aromatic N) is 2. The van der Waals surface area contributed by atoms with Crippen molar-refractivity contribution in [3.63, 3.8) is 0 Å². The lowest BCUT2D eigenvalue weighted by atomic mass is 10.3. The lowest BCUT2D eigenvalue weighted by Crippen LogP contribution is -2.30. The molecule has 1 heterocycles. The Bertz CT molecular complexity index is 189. The second kappa shape index (κ2) is 3.37. The van der Waals surface area contributed by atoms with Gasteiger partial charge in [0.25, 0.3) is 0 Å². The molecule has 0 fully saturated rings. The van der Waals surface area contributed by atoms with Gasteiger partial charge in [-0.1, -0.05) is 0 Å². The van der Waals surface area contributed by atoms with E-state index in [4.69, 9.17) is 5.11 Å². The van der Waals surface area contributed by atoms with Crippen molar-refractivity contribution in [1.82, 2.24) is 4.90 Å². The Morgan fingerprint density at radius 1 is 1.82 bits per heavy atom. The summed E-state index contributed by atoms with van der Waals surface area (Å²) in [6.45, 7) is 0.901. The number of likely N-dealkylation sites (N-methyl/N-ethyl adjacent to an activating group) is 1. The molecule has 0 spiro atoms. The van der Waals surface area contributed by atoms with Crippen LogP contribution in [0.15, 0.2) is 4.99 Å². The summed E-state index contributed by atoms with van der Waals surface area (Å²) < 4.78 is 0. The van der Waals surface area contributed by atoms with Crippen molar-refractivity contribution in [2.45, 2.75) is 12.8 Å². The molecule has 4 heteroatoms. The van der Waals surface area contributed by atoms with Crippen LogP contribution >= 0.6 is 0 Å². The summed E-state index contributed by atoms with van der Waals surface area (Å²) >= 11 is 0. The third-order valence-electron chi connectivity index (χ3n) is 1.67. The molecule has 1 aliphatic heterocycles. The number of hydrogen-bond acceptors (Lipinski definition) is 3. The van der Waals surface area contributed by atoms with Crippen LogP contribution in [0.3, 0.4) is 0 Å². The molecule has 1 N–H and O–H groups in total. The normalized spacial score (nSPS) is 16.3. The van der Waals surface area contributed by atoms with Gasteiger partial charge in [0.2, 0.25) is 0 Å². The molecule has 4 nitrogen and oxygen atoms in total. The molecule has 11 heavy (non-hydrogen) atoms. The van der Waals surface area contributed by atoms with Crippen molar-refractivity contribution in [3.05, 3.63) is 0 Å². The quantitative estimate of drug-likeness (QED) is 0.621. The average Bonchev–Trinajstić information content (AvgIpc) is 2.35. The molecule has 0 saturated heterocycles. The van der Waals surface area contributed by atoms with Gasteiger partial charge in [-0.15, -0.1) is 0 Å². The van der Waals surface area contributed by atoms with Gasteiger partial charge in [-0.3, -0.25) is 9.79 Å². The molecule has 0 atom stereocenters. The summed E-state index contributed by atoms with van der Waals surface area (Å²) in [5.41, 5.74) is 0. The zero-order chi connectivity index (χ0) is 8.27. The molecule has 0 bridgehead atoms. The van der Waals surface area contributed by atoms with Crippen LogP contribution in [-0.4, -0.2) is 41.9 Å². The fraction of sp³-hybridized carbons (Fsp3) is 0.714. The van der Waals surface area contributed by atoms with E-state index in [0.29, 0.717) is 0 Å². The highest BCUT2D eigenvalue weighted by atomic mass is 16.4. The molecular formula is C7H12N2O2. The number of hydrogen-bond donors (Lipinski definition) is 1. The monoisotopic (exact) mass is 156 g/mol.